The van der Waals surface area contributed by atoms with Crippen molar-refractivity contribution in [2.24, 2.45) is 0 Å². The smallest absolute Gasteiger partial charge is 0.317 e. The molecule has 0 aromatic heterocycles. The van der Waals surface area contributed by atoms with Gasteiger partial charge in [0.15, 0.2) is 0 Å². The highest BCUT2D eigenvalue weighted by Crippen LogP contribution is 2.17. The first-order valence-electron chi connectivity index (χ1n) is 8.53. The Hall–Kier alpha value is -2.08. The van der Waals surface area contributed by atoms with Crippen LogP contribution in [0.25, 0.3) is 0 Å². The third-order valence-electron chi connectivity index (χ3n) is 4.26. The van der Waals surface area contributed by atoms with Crippen LogP contribution >= 0.6 is 0 Å². The molecule has 0 spiro atoms. The number of rotatable bonds is 7. The van der Waals surface area contributed by atoms with Gasteiger partial charge in [-0.2, -0.15) is 0 Å². The molecule has 24 heavy (non-hydrogen) atoms. The molecule has 0 aliphatic carbocycles. The average molecular weight is 333 g/mol. The van der Waals surface area contributed by atoms with Crippen molar-refractivity contribution in [3.8, 4) is 0 Å². The third-order valence-corrected chi connectivity index (χ3v) is 4.26. The minimum Gasteiger partial charge on any atom is -0.480 e. The maximum absolute atomic E-state index is 12.4. The van der Waals surface area contributed by atoms with Gasteiger partial charge in [0.05, 0.1) is 13.1 Å². The minimum atomic E-state index is -0.888. The monoisotopic (exact) mass is 333 g/mol. The maximum Gasteiger partial charge on any atom is 0.317 e. The second kappa shape index (κ2) is 8.68. The number of carboxylic acids is 1. The molecule has 1 heterocycles. The van der Waals surface area contributed by atoms with Crippen molar-refractivity contribution in [2.75, 3.05) is 50.7 Å². The summed E-state index contributed by atoms with van der Waals surface area (Å²) >= 11 is 0. The molecule has 0 atom stereocenters. The molecule has 132 valence electrons. The number of hydrogen-bond donors (Lipinski definition) is 1. The topological polar surface area (TPSA) is 64.1 Å². The lowest BCUT2D eigenvalue weighted by Gasteiger charge is -2.37. The standard InChI is InChI=1S/C18H27N3O3/c1-3-7-19(14-18(23)24)13-17(22)21-10-8-20(9-11-21)16-6-4-5-15(2)12-16/h4-6,12H,3,7-11,13-14H2,1-2H3,(H,23,24). The fourth-order valence-corrected chi connectivity index (χ4v) is 3.05. The number of nitrogens with zero attached hydrogens (tertiary/aromatic N) is 3. The van der Waals surface area contributed by atoms with E-state index in [2.05, 4.69) is 36.1 Å². The van der Waals surface area contributed by atoms with E-state index in [0.29, 0.717) is 19.6 Å². The zero-order chi connectivity index (χ0) is 17.5. The van der Waals surface area contributed by atoms with Crippen molar-refractivity contribution >= 4 is 17.6 Å². The molecule has 1 aliphatic rings. The minimum absolute atomic E-state index is 0.0218. The molecule has 2 rings (SSSR count). The van der Waals surface area contributed by atoms with Crippen molar-refractivity contribution in [1.29, 1.82) is 0 Å². The summed E-state index contributed by atoms with van der Waals surface area (Å²) in [6, 6.07) is 8.39. The Labute approximate surface area is 143 Å². The number of aliphatic carboxylic acids is 1. The van der Waals surface area contributed by atoms with Gasteiger partial charge >= 0.3 is 5.97 Å². The van der Waals surface area contributed by atoms with E-state index in [1.54, 1.807) is 4.90 Å². The van der Waals surface area contributed by atoms with E-state index < -0.39 is 5.97 Å². The summed E-state index contributed by atoms with van der Waals surface area (Å²) in [6.07, 6.45) is 0.835. The van der Waals surface area contributed by atoms with Gasteiger partial charge in [0.25, 0.3) is 0 Å². The Morgan fingerprint density at radius 2 is 1.88 bits per heavy atom. The van der Waals surface area contributed by atoms with E-state index in [-0.39, 0.29) is 19.0 Å². The second-order valence-corrected chi connectivity index (χ2v) is 6.31. The predicted octanol–water partition coefficient (Wildman–Crippen LogP) is 1.44. The summed E-state index contributed by atoms with van der Waals surface area (Å²) in [5.41, 5.74) is 2.43. The van der Waals surface area contributed by atoms with E-state index in [4.69, 9.17) is 5.11 Å². The molecule has 1 N–H and O–H groups in total. The van der Waals surface area contributed by atoms with Crippen molar-refractivity contribution < 1.29 is 14.7 Å². The van der Waals surface area contributed by atoms with Gasteiger partial charge in [0, 0.05) is 31.9 Å². The molecule has 0 saturated carbocycles. The Bertz CT molecular complexity index is 568. The SMILES string of the molecule is CCCN(CC(=O)O)CC(=O)N1CCN(c2cccc(C)c2)CC1. The zero-order valence-electron chi connectivity index (χ0n) is 14.6. The molecule has 6 heteroatoms. The van der Waals surface area contributed by atoms with Crippen molar-refractivity contribution in [2.45, 2.75) is 20.3 Å². The number of piperazine rings is 1. The molecule has 0 radical (unpaired) electrons. The number of amides is 1. The second-order valence-electron chi connectivity index (χ2n) is 6.31. The van der Waals surface area contributed by atoms with Crippen LogP contribution < -0.4 is 4.90 Å². The first-order valence-corrected chi connectivity index (χ1v) is 8.53. The maximum atomic E-state index is 12.4. The van der Waals surface area contributed by atoms with Crippen molar-refractivity contribution in [1.82, 2.24) is 9.80 Å². The highest BCUT2D eigenvalue weighted by molar-refractivity contribution is 5.79. The molecule has 0 unspecified atom stereocenters. The summed E-state index contributed by atoms with van der Waals surface area (Å²) in [6.45, 7) is 7.77. The first kappa shape index (κ1) is 18.3. The van der Waals surface area contributed by atoms with E-state index >= 15 is 0 Å². The number of aryl methyl sites for hydroxylation is 1. The van der Waals surface area contributed by atoms with Gasteiger partial charge in [-0.05, 0) is 37.6 Å². The molecular formula is C18H27N3O3. The number of carboxylic acid groups (broad SMARTS) is 1. The van der Waals surface area contributed by atoms with E-state index in [1.165, 1.54) is 11.3 Å². The lowest BCUT2D eigenvalue weighted by atomic mass is 10.2. The molecule has 1 amide bonds. The predicted molar refractivity (Wildman–Crippen MR) is 94.3 cm³/mol. The van der Waals surface area contributed by atoms with Crippen LogP contribution in [0.3, 0.4) is 0 Å². The van der Waals surface area contributed by atoms with Crippen LogP contribution in [0.5, 0.6) is 0 Å². The van der Waals surface area contributed by atoms with Crippen LogP contribution in [0.4, 0.5) is 5.69 Å². The number of benzene rings is 1. The number of carbonyl (C=O) groups excluding carboxylic acids is 1. The summed E-state index contributed by atoms with van der Waals surface area (Å²) < 4.78 is 0. The van der Waals surface area contributed by atoms with Gasteiger partial charge < -0.3 is 14.9 Å². The van der Waals surface area contributed by atoms with Crippen LogP contribution in [0.15, 0.2) is 24.3 Å². The number of anilines is 1. The lowest BCUT2D eigenvalue weighted by molar-refractivity contribution is -0.139. The number of carbonyl (C=O) groups is 2. The first-order chi connectivity index (χ1) is 11.5. The van der Waals surface area contributed by atoms with Gasteiger partial charge in [-0.3, -0.25) is 14.5 Å². The summed E-state index contributed by atoms with van der Waals surface area (Å²) in [5.74, 6) is -0.867. The van der Waals surface area contributed by atoms with E-state index in [9.17, 15) is 9.59 Å². The van der Waals surface area contributed by atoms with Crippen LogP contribution in [-0.2, 0) is 9.59 Å². The molecule has 1 aliphatic heterocycles. The summed E-state index contributed by atoms with van der Waals surface area (Å²) in [7, 11) is 0. The Balaban J connectivity index is 1.86. The van der Waals surface area contributed by atoms with E-state index in [1.807, 2.05) is 11.8 Å². The van der Waals surface area contributed by atoms with Crippen LogP contribution in [0.2, 0.25) is 0 Å². The molecule has 1 saturated heterocycles. The normalized spacial score (nSPS) is 15.0. The van der Waals surface area contributed by atoms with Gasteiger partial charge in [0.2, 0.25) is 5.91 Å². The Morgan fingerprint density at radius 1 is 1.17 bits per heavy atom. The van der Waals surface area contributed by atoms with Crippen molar-refractivity contribution in [3.63, 3.8) is 0 Å². The number of hydrogen-bond acceptors (Lipinski definition) is 4. The lowest BCUT2D eigenvalue weighted by Crippen LogP contribution is -2.51. The van der Waals surface area contributed by atoms with Crippen molar-refractivity contribution in [3.05, 3.63) is 29.8 Å². The fraction of sp³-hybridized carbons (Fsp3) is 0.556. The summed E-state index contributed by atoms with van der Waals surface area (Å²) in [5, 5.41) is 8.94. The highest BCUT2D eigenvalue weighted by atomic mass is 16.4. The molecular weight excluding hydrogens is 306 g/mol. The third kappa shape index (κ3) is 5.23. The molecule has 0 bridgehead atoms. The molecule has 1 aromatic rings. The quantitative estimate of drug-likeness (QED) is 0.818. The zero-order valence-corrected chi connectivity index (χ0v) is 14.6. The summed E-state index contributed by atoms with van der Waals surface area (Å²) in [4.78, 5) is 29.2. The van der Waals surface area contributed by atoms with Crippen LogP contribution in [0.1, 0.15) is 18.9 Å². The van der Waals surface area contributed by atoms with Gasteiger partial charge in [0.1, 0.15) is 0 Å². The Morgan fingerprint density at radius 3 is 2.46 bits per heavy atom. The van der Waals surface area contributed by atoms with E-state index in [0.717, 1.165) is 19.5 Å². The Kier molecular flexibility index (Phi) is 6.61. The van der Waals surface area contributed by atoms with Gasteiger partial charge in [-0.1, -0.05) is 19.1 Å². The van der Waals surface area contributed by atoms with Crippen LogP contribution in [0, 0.1) is 6.92 Å². The van der Waals surface area contributed by atoms with Crippen LogP contribution in [-0.4, -0.2) is 72.6 Å². The molecule has 1 fully saturated rings. The highest BCUT2D eigenvalue weighted by Gasteiger charge is 2.23. The fourth-order valence-electron chi connectivity index (χ4n) is 3.05. The average Bonchev–Trinajstić information content (AvgIpc) is 2.54. The van der Waals surface area contributed by atoms with Gasteiger partial charge in [-0.15, -0.1) is 0 Å². The largest absolute Gasteiger partial charge is 0.480 e. The molecule has 6 nitrogen and oxygen atoms in total. The molecule has 1 aromatic carbocycles. The van der Waals surface area contributed by atoms with Gasteiger partial charge in [-0.25, -0.2) is 0 Å².